The van der Waals surface area contributed by atoms with Gasteiger partial charge in [0.1, 0.15) is 11.5 Å². The van der Waals surface area contributed by atoms with E-state index in [2.05, 4.69) is 0 Å². The predicted molar refractivity (Wildman–Crippen MR) is 76.0 cm³/mol. The Kier molecular flexibility index (Phi) is 4.04. The van der Waals surface area contributed by atoms with Crippen LogP contribution < -0.4 is 4.18 Å². The topological polar surface area (TPSA) is 80.8 Å². The molecule has 7 heteroatoms. The van der Waals surface area contributed by atoms with Crippen LogP contribution in [-0.2, 0) is 19.7 Å². The lowest BCUT2D eigenvalue weighted by molar-refractivity contribution is -0.140. The van der Waals surface area contributed by atoms with Crippen molar-refractivity contribution in [1.82, 2.24) is 4.90 Å². The fourth-order valence-electron chi connectivity index (χ4n) is 2.12. The van der Waals surface area contributed by atoms with E-state index in [4.69, 9.17) is 4.18 Å². The lowest BCUT2D eigenvalue weighted by Gasteiger charge is -2.17. The van der Waals surface area contributed by atoms with Crippen molar-refractivity contribution in [2.75, 3.05) is 12.3 Å². The normalized spacial score (nSPS) is 18.1. The van der Waals surface area contributed by atoms with Gasteiger partial charge in [0.15, 0.2) is 0 Å². The maximum atomic E-state index is 12.0. The molecular weight excluding hydrogens is 294 g/mol. The Hall–Kier alpha value is -1.89. The summed E-state index contributed by atoms with van der Waals surface area (Å²) in [5.41, 5.74) is -0.763. The first-order valence-electron chi connectivity index (χ1n) is 6.53. The third-order valence-corrected chi connectivity index (χ3v) is 4.38. The predicted octanol–water partition coefficient (Wildman–Crippen LogP) is 1.18. The highest BCUT2D eigenvalue weighted by atomic mass is 32.2. The molecular formula is C14H17NO5S. The first-order chi connectivity index (χ1) is 9.71. The van der Waals surface area contributed by atoms with Gasteiger partial charge in [-0.05, 0) is 12.1 Å². The number of carbonyl (C=O) groups excluding carboxylic acids is 2. The lowest BCUT2D eigenvalue weighted by Crippen LogP contribution is -2.37. The summed E-state index contributed by atoms with van der Waals surface area (Å²) in [6.45, 7) is 3.15. The SMILES string of the molecule is CC1(C)CC(=O)N(CCS(=O)(=O)Oc2ccccc2)C1=O. The standard InChI is InChI=1S/C14H17NO5S/c1-14(2)10-12(16)15(13(14)17)8-9-21(18,19)20-11-6-4-3-5-7-11/h3-7H,8-10H2,1-2H3. The highest BCUT2D eigenvalue weighted by Crippen LogP contribution is 2.31. The molecule has 1 aromatic carbocycles. The fraction of sp³-hybridized carbons (Fsp3) is 0.429. The molecule has 1 aliphatic heterocycles. The van der Waals surface area contributed by atoms with Gasteiger partial charge >= 0.3 is 10.1 Å². The summed E-state index contributed by atoms with van der Waals surface area (Å²) in [7, 11) is -3.85. The number of imide groups is 1. The maximum Gasteiger partial charge on any atom is 0.310 e. The highest BCUT2D eigenvalue weighted by Gasteiger charge is 2.44. The summed E-state index contributed by atoms with van der Waals surface area (Å²) in [6, 6.07) is 8.09. The van der Waals surface area contributed by atoms with Crippen molar-refractivity contribution < 1.29 is 22.2 Å². The second kappa shape index (κ2) is 5.48. The van der Waals surface area contributed by atoms with Gasteiger partial charge in [-0.1, -0.05) is 32.0 Å². The molecule has 0 aromatic heterocycles. The van der Waals surface area contributed by atoms with Gasteiger partial charge in [0.25, 0.3) is 0 Å². The van der Waals surface area contributed by atoms with Crippen molar-refractivity contribution >= 4 is 21.9 Å². The number of para-hydroxylation sites is 1. The Labute approximate surface area is 123 Å². The number of carbonyl (C=O) groups is 2. The Morgan fingerprint density at radius 1 is 1.19 bits per heavy atom. The summed E-state index contributed by atoms with van der Waals surface area (Å²) in [4.78, 5) is 24.7. The molecule has 0 bridgehead atoms. The molecule has 114 valence electrons. The molecule has 0 saturated carbocycles. The van der Waals surface area contributed by atoms with Crippen molar-refractivity contribution in [3.8, 4) is 5.75 Å². The van der Waals surface area contributed by atoms with Crippen LogP contribution in [-0.4, -0.2) is 37.4 Å². The summed E-state index contributed by atoms with van der Waals surface area (Å²) in [5, 5.41) is 0. The van der Waals surface area contributed by atoms with Gasteiger partial charge in [0, 0.05) is 13.0 Å². The average Bonchev–Trinajstić information content (AvgIpc) is 2.57. The minimum Gasteiger partial charge on any atom is -0.382 e. The molecule has 21 heavy (non-hydrogen) atoms. The summed E-state index contributed by atoms with van der Waals surface area (Å²) < 4.78 is 28.6. The molecule has 2 amide bonds. The van der Waals surface area contributed by atoms with E-state index in [1.165, 1.54) is 12.1 Å². The first-order valence-corrected chi connectivity index (χ1v) is 8.11. The van der Waals surface area contributed by atoms with Crippen LogP contribution in [0.25, 0.3) is 0 Å². The number of amides is 2. The van der Waals surface area contributed by atoms with Crippen LogP contribution in [0.3, 0.4) is 0 Å². The number of hydrogen-bond acceptors (Lipinski definition) is 5. The molecule has 0 atom stereocenters. The van der Waals surface area contributed by atoms with Gasteiger partial charge in [0.2, 0.25) is 11.8 Å². The molecule has 0 N–H and O–H groups in total. The molecule has 0 radical (unpaired) electrons. The van der Waals surface area contributed by atoms with E-state index in [-0.39, 0.29) is 30.5 Å². The van der Waals surface area contributed by atoms with E-state index in [0.717, 1.165) is 4.90 Å². The van der Waals surface area contributed by atoms with Gasteiger partial charge in [-0.25, -0.2) is 0 Å². The van der Waals surface area contributed by atoms with Crippen LogP contribution in [0.1, 0.15) is 20.3 Å². The molecule has 0 aliphatic carbocycles. The van der Waals surface area contributed by atoms with Gasteiger partial charge in [-0.15, -0.1) is 0 Å². The second-order valence-corrected chi connectivity index (χ2v) is 7.26. The van der Waals surface area contributed by atoms with E-state index in [0.29, 0.717) is 0 Å². The highest BCUT2D eigenvalue weighted by molar-refractivity contribution is 7.87. The minimum atomic E-state index is -3.85. The molecule has 1 aromatic rings. The minimum absolute atomic E-state index is 0.103. The number of rotatable bonds is 5. The van der Waals surface area contributed by atoms with Crippen LogP contribution in [0.15, 0.2) is 30.3 Å². The molecule has 1 fully saturated rings. The number of hydrogen-bond donors (Lipinski definition) is 0. The summed E-state index contributed by atoms with van der Waals surface area (Å²) in [6.07, 6.45) is 0.103. The third kappa shape index (κ3) is 3.60. The Balaban J connectivity index is 1.99. The van der Waals surface area contributed by atoms with E-state index in [1.807, 2.05) is 0 Å². The van der Waals surface area contributed by atoms with E-state index in [9.17, 15) is 18.0 Å². The van der Waals surface area contributed by atoms with E-state index < -0.39 is 21.3 Å². The zero-order valence-electron chi connectivity index (χ0n) is 11.9. The van der Waals surface area contributed by atoms with Crippen molar-refractivity contribution in [1.29, 1.82) is 0 Å². The second-order valence-electron chi connectivity index (χ2n) is 5.57. The van der Waals surface area contributed by atoms with Crippen molar-refractivity contribution in [2.45, 2.75) is 20.3 Å². The zero-order valence-corrected chi connectivity index (χ0v) is 12.7. The van der Waals surface area contributed by atoms with Crippen molar-refractivity contribution in [3.63, 3.8) is 0 Å². The van der Waals surface area contributed by atoms with E-state index in [1.54, 1.807) is 32.0 Å². The molecule has 0 unspecified atom stereocenters. The van der Waals surface area contributed by atoms with Crippen LogP contribution in [0.5, 0.6) is 5.75 Å². The quantitative estimate of drug-likeness (QED) is 0.602. The number of benzene rings is 1. The molecule has 1 saturated heterocycles. The average molecular weight is 311 g/mol. The number of likely N-dealkylation sites (tertiary alicyclic amines) is 1. The van der Waals surface area contributed by atoms with Crippen LogP contribution in [0, 0.1) is 5.41 Å². The molecule has 6 nitrogen and oxygen atoms in total. The fourth-order valence-corrected chi connectivity index (χ4v) is 3.02. The summed E-state index contributed by atoms with van der Waals surface area (Å²) in [5.74, 6) is -0.908. The largest absolute Gasteiger partial charge is 0.382 e. The van der Waals surface area contributed by atoms with Gasteiger partial charge in [-0.2, -0.15) is 8.42 Å². The van der Waals surface area contributed by atoms with Crippen LogP contribution in [0.4, 0.5) is 0 Å². The first kappa shape index (κ1) is 15.5. The van der Waals surface area contributed by atoms with Crippen LogP contribution >= 0.6 is 0 Å². The van der Waals surface area contributed by atoms with Crippen LogP contribution in [0.2, 0.25) is 0 Å². The van der Waals surface area contributed by atoms with Crippen molar-refractivity contribution in [3.05, 3.63) is 30.3 Å². The Morgan fingerprint density at radius 3 is 2.33 bits per heavy atom. The van der Waals surface area contributed by atoms with Gasteiger partial charge in [0.05, 0.1) is 5.41 Å². The zero-order chi connectivity index (χ0) is 15.7. The monoisotopic (exact) mass is 311 g/mol. The lowest BCUT2D eigenvalue weighted by atomic mass is 9.92. The van der Waals surface area contributed by atoms with Gasteiger partial charge < -0.3 is 4.18 Å². The third-order valence-electron chi connectivity index (χ3n) is 3.25. The van der Waals surface area contributed by atoms with E-state index >= 15 is 0 Å². The summed E-state index contributed by atoms with van der Waals surface area (Å²) >= 11 is 0. The Bertz CT molecular complexity index is 651. The van der Waals surface area contributed by atoms with Crippen molar-refractivity contribution in [2.24, 2.45) is 5.41 Å². The maximum absolute atomic E-state index is 12.0. The molecule has 0 spiro atoms. The smallest absolute Gasteiger partial charge is 0.310 e. The Morgan fingerprint density at radius 2 is 1.81 bits per heavy atom. The molecule has 1 heterocycles. The molecule has 2 rings (SSSR count). The number of nitrogens with zero attached hydrogens (tertiary/aromatic N) is 1. The van der Waals surface area contributed by atoms with Gasteiger partial charge in [-0.3, -0.25) is 14.5 Å². The molecule has 1 aliphatic rings.